The predicted molar refractivity (Wildman–Crippen MR) is 73.3 cm³/mol. The first-order valence-corrected chi connectivity index (χ1v) is 8.04. The number of rotatable bonds is 4. The normalized spacial score (nSPS) is 21.9. The van der Waals surface area contributed by atoms with Gasteiger partial charge in [0, 0.05) is 6.04 Å². The second-order valence-electron chi connectivity index (χ2n) is 5.68. The van der Waals surface area contributed by atoms with Gasteiger partial charge in [0.2, 0.25) is 5.91 Å². The smallest absolute Gasteiger partial charge is 0.249 e. The van der Waals surface area contributed by atoms with Gasteiger partial charge in [0.05, 0.1) is 23.7 Å². The number of nitrogens with zero attached hydrogens (tertiary/aromatic N) is 1. The van der Waals surface area contributed by atoms with E-state index in [1.165, 1.54) is 4.90 Å². The van der Waals surface area contributed by atoms with Crippen molar-refractivity contribution in [3.63, 3.8) is 0 Å². The van der Waals surface area contributed by atoms with Gasteiger partial charge in [-0.1, -0.05) is 5.92 Å². The predicted octanol–water partition coefficient (Wildman–Crippen LogP) is 0.450. The van der Waals surface area contributed by atoms with Crippen LogP contribution in [0.15, 0.2) is 0 Å². The van der Waals surface area contributed by atoms with E-state index in [-0.39, 0.29) is 36.6 Å². The molecular formula is C13H21NO4S. The Hall–Kier alpha value is -1.06. The third kappa shape index (κ3) is 5.21. The van der Waals surface area contributed by atoms with Gasteiger partial charge < -0.3 is 9.64 Å². The van der Waals surface area contributed by atoms with Crippen molar-refractivity contribution in [2.75, 3.05) is 24.7 Å². The molecule has 1 unspecified atom stereocenters. The molecule has 1 amide bonds. The minimum atomic E-state index is -3.04. The fourth-order valence-electron chi connectivity index (χ4n) is 1.90. The highest BCUT2D eigenvalue weighted by Gasteiger charge is 2.34. The van der Waals surface area contributed by atoms with Crippen LogP contribution in [0.2, 0.25) is 0 Å². The van der Waals surface area contributed by atoms with E-state index in [1.807, 2.05) is 20.8 Å². The lowest BCUT2D eigenvalue weighted by atomic mass is 10.2. The molecule has 0 aromatic rings. The molecule has 1 heterocycles. The molecule has 1 aliphatic rings. The summed E-state index contributed by atoms with van der Waals surface area (Å²) in [5.41, 5.74) is -0.417. The second-order valence-corrected chi connectivity index (χ2v) is 7.91. The standard InChI is InChI=1S/C13H21NO4S/c1-5-7-14(11-6-8-19(16,17)10-11)12(15)9-18-13(2,3)4/h1,11H,6-10H2,2-4H3. The third-order valence-corrected chi connectivity index (χ3v) is 4.61. The average Bonchev–Trinajstić information content (AvgIpc) is 2.62. The first-order chi connectivity index (χ1) is 8.64. The van der Waals surface area contributed by atoms with E-state index < -0.39 is 15.4 Å². The average molecular weight is 287 g/mol. The monoisotopic (exact) mass is 287 g/mol. The maximum atomic E-state index is 12.1. The molecule has 6 heteroatoms. The Morgan fingerprint density at radius 1 is 1.47 bits per heavy atom. The zero-order valence-corrected chi connectivity index (χ0v) is 12.5. The molecule has 1 saturated heterocycles. The minimum Gasteiger partial charge on any atom is -0.366 e. The number of amides is 1. The van der Waals surface area contributed by atoms with Crippen molar-refractivity contribution in [3.8, 4) is 12.3 Å². The fraction of sp³-hybridized carbons (Fsp3) is 0.769. The molecule has 0 aromatic carbocycles. The minimum absolute atomic E-state index is 0.00403. The van der Waals surface area contributed by atoms with E-state index in [1.54, 1.807) is 0 Å². The zero-order chi connectivity index (χ0) is 14.7. The number of ether oxygens (including phenoxy) is 1. The Kier molecular flexibility index (Phi) is 4.99. The van der Waals surface area contributed by atoms with Crippen molar-refractivity contribution in [2.45, 2.75) is 38.8 Å². The number of hydrogen-bond donors (Lipinski definition) is 0. The van der Waals surface area contributed by atoms with Crippen molar-refractivity contribution in [1.82, 2.24) is 4.90 Å². The summed E-state index contributed by atoms with van der Waals surface area (Å²) in [5.74, 6) is 2.26. The molecule has 19 heavy (non-hydrogen) atoms. The zero-order valence-electron chi connectivity index (χ0n) is 11.7. The molecule has 1 fully saturated rings. The van der Waals surface area contributed by atoms with Crippen LogP contribution in [-0.4, -0.2) is 55.5 Å². The highest BCUT2D eigenvalue weighted by molar-refractivity contribution is 7.91. The van der Waals surface area contributed by atoms with Crippen molar-refractivity contribution < 1.29 is 17.9 Å². The first kappa shape index (κ1) is 16.0. The molecule has 1 aliphatic heterocycles. The molecule has 1 atom stereocenters. The molecule has 5 nitrogen and oxygen atoms in total. The molecule has 0 radical (unpaired) electrons. The quantitative estimate of drug-likeness (QED) is 0.704. The number of hydrogen-bond acceptors (Lipinski definition) is 4. The van der Waals surface area contributed by atoms with Crippen LogP contribution < -0.4 is 0 Å². The van der Waals surface area contributed by atoms with Crippen molar-refractivity contribution >= 4 is 15.7 Å². The number of carbonyl (C=O) groups excluding carboxylic acids is 1. The topological polar surface area (TPSA) is 63.7 Å². The van der Waals surface area contributed by atoms with E-state index in [9.17, 15) is 13.2 Å². The third-order valence-electron chi connectivity index (χ3n) is 2.86. The Bertz CT molecular complexity index is 470. The Balaban J connectivity index is 2.68. The summed E-state index contributed by atoms with van der Waals surface area (Å²) in [4.78, 5) is 13.5. The van der Waals surface area contributed by atoms with E-state index in [2.05, 4.69) is 5.92 Å². The first-order valence-electron chi connectivity index (χ1n) is 6.22. The summed E-state index contributed by atoms with van der Waals surface area (Å²) < 4.78 is 28.4. The maximum absolute atomic E-state index is 12.1. The van der Waals surface area contributed by atoms with Crippen LogP contribution >= 0.6 is 0 Å². The van der Waals surface area contributed by atoms with Gasteiger partial charge in [0.25, 0.3) is 0 Å². The highest BCUT2D eigenvalue weighted by Crippen LogP contribution is 2.18. The van der Waals surface area contributed by atoms with Crippen molar-refractivity contribution in [3.05, 3.63) is 0 Å². The SMILES string of the molecule is C#CCN(C(=O)COC(C)(C)C)C1CCS(=O)(=O)C1. The summed E-state index contributed by atoms with van der Waals surface area (Å²) in [6.45, 7) is 5.59. The van der Waals surface area contributed by atoms with E-state index in [0.29, 0.717) is 6.42 Å². The Morgan fingerprint density at radius 2 is 2.11 bits per heavy atom. The molecule has 0 aromatic heterocycles. The van der Waals surface area contributed by atoms with Crippen LogP contribution in [0.5, 0.6) is 0 Å². The Labute approximate surface area is 115 Å². The van der Waals surface area contributed by atoms with Gasteiger partial charge in [-0.25, -0.2) is 8.42 Å². The van der Waals surface area contributed by atoms with Gasteiger partial charge in [0.1, 0.15) is 6.61 Å². The summed E-state index contributed by atoms with van der Waals surface area (Å²) in [6.07, 6.45) is 5.70. The van der Waals surface area contributed by atoms with Crippen molar-refractivity contribution in [2.24, 2.45) is 0 Å². The lowest BCUT2D eigenvalue weighted by Crippen LogP contribution is -2.44. The van der Waals surface area contributed by atoms with E-state index in [0.717, 1.165) is 0 Å². The summed E-state index contributed by atoms with van der Waals surface area (Å²) in [7, 11) is -3.04. The fourth-order valence-corrected chi connectivity index (χ4v) is 3.63. The molecule has 0 spiro atoms. The molecular weight excluding hydrogens is 266 g/mol. The van der Waals surface area contributed by atoms with Crippen LogP contribution in [0, 0.1) is 12.3 Å². The van der Waals surface area contributed by atoms with Crippen LogP contribution in [0.25, 0.3) is 0 Å². The summed E-state index contributed by atoms with van der Waals surface area (Å²) in [5, 5.41) is 0. The lowest BCUT2D eigenvalue weighted by Gasteiger charge is -2.28. The molecule has 1 rings (SSSR count). The molecule has 0 bridgehead atoms. The van der Waals surface area contributed by atoms with Gasteiger partial charge >= 0.3 is 0 Å². The second kappa shape index (κ2) is 5.93. The van der Waals surface area contributed by atoms with Gasteiger partial charge in [0.15, 0.2) is 9.84 Å². The molecule has 0 N–H and O–H groups in total. The Morgan fingerprint density at radius 3 is 2.53 bits per heavy atom. The van der Waals surface area contributed by atoms with Crippen LogP contribution in [0.1, 0.15) is 27.2 Å². The molecule has 108 valence electrons. The van der Waals surface area contributed by atoms with Gasteiger partial charge in [-0.2, -0.15) is 0 Å². The number of carbonyl (C=O) groups is 1. The van der Waals surface area contributed by atoms with E-state index in [4.69, 9.17) is 11.2 Å². The number of terminal acetylenes is 1. The number of sulfone groups is 1. The maximum Gasteiger partial charge on any atom is 0.249 e. The van der Waals surface area contributed by atoms with E-state index >= 15 is 0 Å². The van der Waals surface area contributed by atoms with Crippen LogP contribution in [-0.2, 0) is 19.4 Å². The van der Waals surface area contributed by atoms with Crippen molar-refractivity contribution in [1.29, 1.82) is 0 Å². The molecule has 0 saturated carbocycles. The summed E-state index contributed by atoms with van der Waals surface area (Å²) >= 11 is 0. The summed E-state index contributed by atoms with van der Waals surface area (Å²) in [6, 6.07) is -0.322. The highest BCUT2D eigenvalue weighted by atomic mass is 32.2. The van der Waals surface area contributed by atoms with Gasteiger partial charge in [-0.3, -0.25) is 4.79 Å². The van der Waals surface area contributed by atoms with Crippen LogP contribution in [0.4, 0.5) is 0 Å². The lowest BCUT2D eigenvalue weighted by molar-refractivity contribution is -0.142. The van der Waals surface area contributed by atoms with Gasteiger partial charge in [-0.05, 0) is 27.2 Å². The van der Waals surface area contributed by atoms with Crippen LogP contribution in [0.3, 0.4) is 0 Å². The largest absolute Gasteiger partial charge is 0.366 e. The van der Waals surface area contributed by atoms with Gasteiger partial charge in [-0.15, -0.1) is 6.42 Å². The molecule has 0 aliphatic carbocycles.